The van der Waals surface area contributed by atoms with Crippen LogP contribution in [0.2, 0.25) is 5.02 Å². The fourth-order valence-electron chi connectivity index (χ4n) is 3.04. The molecule has 3 heterocycles. The van der Waals surface area contributed by atoms with Crippen LogP contribution in [0.3, 0.4) is 0 Å². The van der Waals surface area contributed by atoms with Gasteiger partial charge in [0, 0.05) is 11.6 Å². The van der Waals surface area contributed by atoms with Gasteiger partial charge in [-0.25, -0.2) is 9.36 Å². The van der Waals surface area contributed by atoms with Crippen LogP contribution in [-0.2, 0) is 6.54 Å². The summed E-state index contributed by atoms with van der Waals surface area (Å²) in [4.78, 5) is 45.4. The van der Waals surface area contributed by atoms with Crippen molar-refractivity contribution in [3.05, 3.63) is 78.8 Å². The van der Waals surface area contributed by atoms with Crippen LogP contribution >= 0.6 is 22.9 Å². The molecule has 3 aromatic heterocycles. The van der Waals surface area contributed by atoms with Gasteiger partial charge in [-0.15, -0.1) is 11.3 Å². The number of benzene rings is 1. The fourth-order valence-corrected chi connectivity index (χ4v) is 4.13. The highest BCUT2D eigenvalue weighted by atomic mass is 35.5. The first-order chi connectivity index (χ1) is 15.4. The van der Waals surface area contributed by atoms with E-state index in [1.165, 1.54) is 26.4 Å². The Labute approximate surface area is 190 Å². The van der Waals surface area contributed by atoms with Crippen molar-refractivity contribution in [3.8, 4) is 17.4 Å². The molecule has 0 radical (unpaired) electrons. The van der Waals surface area contributed by atoms with E-state index in [4.69, 9.17) is 21.1 Å². The second kappa shape index (κ2) is 8.85. The summed E-state index contributed by atoms with van der Waals surface area (Å²) in [5.74, 6) is 0.192. The Hall–Kier alpha value is -3.63. The van der Waals surface area contributed by atoms with E-state index in [2.05, 4.69) is 15.3 Å². The van der Waals surface area contributed by atoms with Crippen LogP contribution < -0.4 is 26.0 Å². The van der Waals surface area contributed by atoms with E-state index >= 15 is 0 Å². The van der Waals surface area contributed by atoms with Gasteiger partial charge in [0.05, 0.1) is 24.6 Å². The Morgan fingerprint density at radius 2 is 1.91 bits per heavy atom. The largest absolute Gasteiger partial charge is 0.491 e. The number of nitrogens with one attached hydrogen (secondary N) is 2. The lowest BCUT2D eigenvalue weighted by Crippen LogP contribution is -2.33. The summed E-state index contributed by atoms with van der Waals surface area (Å²) in [5.41, 5.74) is -0.129. The molecule has 0 unspecified atom stereocenters. The molecule has 0 aliphatic heterocycles. The molecule has 2 N–H and O–H groups in total. The van der Waals surface area contributed by atoms with Crippen molar-refractivity contribution in [2.45, 2.75) is 6.54 Å². The number of carbonyl (C=O) groups is 1. The van der Waals surface area contributed by atoms with Crippen LogP contribution in [0, 0.1) is 0 Å². The average molecular weight is 473 g/mol. The third-order valence-electron chi connectivity index (χ3n) is 4.62. The molecule has 0 atom stereocenters. The van der Waals surface area contributed by atoms with Crippen molar-refractivity contribution in [3.63, 3.8) is 0 Å². The molecule has 0 spiro atoms. The minimum atomic E-state index is -0.687. The lowest BCUT2D eigenvalue weighted by molar-refractivity contribution is 0.0955. The molecular weight excluding hydrogens is 456 g/mol. The Morgan fingerprint density at radius 1 is 1.16 bits per heavy atom. The molecule has 0 aliphatic rings. The third-order valence-corrected chi connectivity index (χ3v) is 5.99. The Kier molecular flexibility index (Phi) is 5.97. The minimum absolute atomic E-state index is 0.0675. The van der Waals surface area contributed by atoms with Crippen LogP contribution in [0.1, 0.15) is 15.2 Å². The molecule has 4 rings (SSSR count). The van der Waals surface area contributed by atoms with Crippen molar-refractivity contribution >= 4 is 39.1 Å². The second-order valence-electron chi connectivity index (χ2n) is 6.61. The van der Waals surface area contributed by atoms with Crippen LogP contribution in [0.5, 0.6) is 11.6 Å². The van der Waals surface area contributed by atoms with Crippen LogP contribution in [0.15, 0.2) is 52.1 Å². The maximum atomic E-state index is 13.0. The average Bonchev–Trinajstić information content (AvgIpc) is 3.22. The lowest BCUT2D eigenvalue weighted by atomic mass is 10.2. The van der Waals surface area contributed by atoms with Gasteiger partial charge >= 0.3 is 5.69 Å². The number of aromatic amines is 1. The fraction of sp³-hybridized carbons (Fsp3) is 0.143. The van der Waals surface area contributed by atoms with Crippen molar-refractivity contribution < 1.29 is 14.3 Å². The number of aromatic nitrogens is 3. The molecule has 1 amide bonds. The molecule has 0 bridgehead atoms. The highest BCUT2D eigenvalue weighted by molar-refractivity contribution is 7.20. The number of H-pyrrole nitrogens is 1. The van der Waals surface area contributed by atoms with Gasteiger partial charge in [0.1, 0.15) is 10.5 Å². The first-order valence-electron chi connectivity index (χ1n) is 9.32. The molecule has 9 nitrogen and oxygen atoms in total. The summed E-state index contributed by atoms with van der Waals surface area (Å²) in [5, 5.41) is 3.39. The van der Waals surface area contributed by atoms with Crippen molar-refractivity contribution in [2.75, 3.05) is 14.2 Å². The highest BCUT2D eigenvalue weighted by Gasteiger charge is 2.18. The Morgan fingerprint density at radius 3 is 2.59 bits per heavy atom. The predicted molar refractivity (Wildman–Crippen MR) is 122 cm³/mol. The molecule has 0 aliphatic carbocycles. The molecule has 32 heavy (non-hydrogen) atoms. The van der Waals surface area contributed by atoms with Crippen molar-refractivity contribution in [1.29, 1.82) is 0 Å². The van der Waals surface area contributed by atoms with Gasteiger partial charge in [-0.1, -0.05) is 23.7 Å². The zero-order valence-corrected chi connectivity index (χ0v) is 18.5. The molecule has 1 aromatic carbocycles. The summed E-state index contributed by atoms with van der Waals surface area (Å²) in [7, 11) is 2.86. The number of thiophene rings is 1. The highest BCUT2D eigenvalue weighted by Crippen LogP contribution is 2.25. The number of rotatable bonds is 6. The quantitative estimate of drug-likeness (QED) is 0.446. The number of nitrogens with zero attached hydrogens (tertiary/aromatic N) is 2. The minimum Gasteiger partial charge on any atom is -0.491 e. The molecular formula is C21H17ClN4O5S. The predicted octanol–water partition coefficient (Wildman–Crippen LogP) is 2.74. The number of amides is 1. The molecule has 11 heteroatoms. The SMILES string of the molecule is COc1ccc(-n2c(=O)[nH]c3cc(C(=O)NCc4ccc(Cl)cc4)sc3c2=O)nc1OC. The standard InChI is InChI=1S/C21H17ClN4O5S/c1-30-14-7-8-16(25-19(14)31-2)26-20(28)17-13(24-21(26)29)9-15(32-17)18(27)23-10-11-3-5-12(22)6-4-11/h3-9H,10H2,1-2H3,(H,23,27)(H,24,29). The number of pyridine rings is 1. The number of ether oxygens (including phenoxy) is 2. The van der Waals surface area contributed by atoms with Gasteiger partial charge in [-0.2, -0.15) is 4.98 Å². The van der Waals surface area contributed by atoms with E-state index in [0.29, 0.717) is 22.2 Å². The monoisotopic (exact) mass is 472 g/mol. The number of methoxy groups -OCH3 is 2. The zero-order chi connectivity index (χ0) is 22.8. The second-order valence-corrected chi connectivity index (χ2v) is 8.10. The number of halogens is 1. The first-order valence-corrected chi connectivity index (χ1v) is 10.5. The van der Waals surface area contributed by atoms with Gasteiger partial charge in [-0.3, -0.25) is 9.59 Å². The van der Waals surface area contributed by atoms with Gasteiger partial charge in [0.15, 0.2) is 5.75 Å². The van der Waals surface area contributed by atoms with E-state index in [0.717, 1.165) is 21.5 Å². The van der Waals surface area contributed by atoms with E-state index in [-0.39, 0.29) is 27.8 Å². The summed E-state index contributed by atoms with van der Waals surface area (Å²) in [6, 6.07) is 11.6. The summed E-state index contributed by atoms with van der Waals surface area (Å²) in [6.07, 6.45) is 0. The van der Waals surface area contributed by atoms with Crippen LogP contribution in [-0.4, -0.2) is 34.7 Å². The van der Waals surface area contributed by atoms with Gasteiger partial charge in [0.25, 0.3) is 17.3 Å². The van der Waals surface area contributed by atoms with E-state index in [9.17, 15) is 14.4 Å². The smallest absolute Gasteiger partial charge is 0.334 e. The lowest BCUT2D eigenvalue weighted by Gasteiger charge is -2.09. The van der Waals surface area contributed by atoms with E-state index < -0.39 is 11.2 Å². The van der Waals surface area contributed by atoms with Gasteiger partial charge in [-0.05, 0) is 35.9 Å². The molecule has 0 fully saturated rings. The first kappa shape index (κ1) is 21.6. The van der Waals surface area contributed by atoms with Gasteiger partial charge < -0.3 is 19.8 Å². The summed E-state index contributed by atoms with van der Waals surface area (Å²) < 4.78 is 11.4. The maximum Gasteiger partial charge on any atom is 0.334 e. The number of carbonyl (C=O) groups excluding carboxylic acids is 1. The summed E-state index contributed by atoms with van der Waals surface area (Å²) in [6.45, 7) is 0.292. The van der Waals surface area contributed by atoms with Crippen molar-refractivity contribution in [2.24, 2.45) is 0 Å². The molecule has 0 saturated carbocycles. The number of hydrogen-bond donors (Lipinski definition) is 2. The third kappa shape index (κ3) is 4.10. The Balaban J connectivity index is 1.67. The summed E-state index contributed by atoms with van der Waals surface area (Å²) >= 11 is 6.85. The molecule has 164 valence electrons. The zero-order valence-electron chi connectivity index (χ0n) is 17.0. The Bertz CT molecular complexity index is 1430. The normalized spacial score (nSPS) is 10.8. The topological polar surface area (TPSA) is 115 Å². The molecule has 4 aromatic rings. The van der Waals surface area contributed by atoms with Gasteiger partial charge in [0.2, 0.25) is 0 Å². The van der Waals surface area contributed by atoms with Crippen molar-refractivity contribution in [1.82, 2.24) is 19.9 Å². The van der Waals surface area contributed by atoms with Crippen LogP contribution in [0.25, 0.3) is 16.0 Å². The van der Waals surface area contributed by atoms with E-state index in [1.54, 1.807) is 30.3 Å². The number of hydrogen-bond acceptors (Lipinski definition) is 7. The molecule has 0 saturated heterocycles. The van der Waals surface area contributed by atoms with Crippen LogP contribution in [0.4, 0.5) is 0 Å². The maximum absolute atomic E-state index is 13.0. The number of fused-ring (bicyclic) bond motifs is 1. The van der Waals surface area contributed by atoms with E-state index in [1.807, 2.05) is 0 Å².